The van der Waals surface area contributed by atoms with E-state index in [1.807, 2.05) is 6.92 Å². The first-order valence-corrected chi connectivity index (χ1v) is 7.74. The molecule has 2 N–H and O–H groups in total. The van der Waals surface area contributed by atoms with Gasteiger partial charge in [-0.05, 0) is 43.4 Å². The molecule has 1 fully saturated rings. The summed E-state index contributed by atoms with van der Waals surface area (Å²) in [7, 11) is 0. The van der Waals surface area contributed by atoms with Crippen LogP contribution in [-0.2, 0) is 9.53 Å². The molecule has 1 amide bonds. The zero-order valence-electron chi connectivity index (χ0n) is 12.2. The highest BCUT2D eigenvalue weighted by molar-refractivity contribution is 6.30. The molecule has 1 heterocycles. The van der Waals surface area contributed by atoms with Crippen molar-refractivity contribution in [2.75, 3.05) is 13.2 Å². The molecule has 1 aliphatic rings. The normalized spacial score (nSPS) is 19.0. The first-order valence-electron chi connectivity index (χ1n) is 7.37. The summed E-state index contributed by atoms with van der Waals surface area (Å²) in [6.07, 6.45) is 1.21. The Morgan fingerprint density at radius 3 is 2.62 bits per heavy atom. The lowest BCUT2D eigenvalue weighted by molar-refractivity contribution is -0.124. The molecule has 2 atom stereocenters. The molecule has 0 aliphatic carbocycles. The van der Waals surface area contributed by atoms with E-state index in [0.29, 0.717) is 16.5 Å². The smallest absolute Gasteiger partial charge is 0.223 e. The molecule has 116 valence electrons. The molecule has 1 aromatic carbocycles. The maximum atomic E-state index is 12.0. The van der Waals surface area contributed by atoms with Gasteiger partial charge in [-0.2, -0.15) is 0 Å². The summed E-state index contributed by atoms with van der Waals surface area (Å²) in [5, 5.41) is 13.7. The van der Waals surface area contributed by atoms with Crippen LogP contribution in [-0.4, -0.2) is 30.3 Å². The van der Waals surface area contributed by atoms with Crippen molar-refractivity contribution in [3.63, 3.8) is 0 Å². The van der Waals surface area contributed by atoms with Gasteiger partial charge in [0.2, 0.25) is 5.91 Å². The summed E-state index contributed by atoms with van der Waals surface area (Å²) in [6, 6.07) is 7.01. The van der Waals surface area contributed by atoms with Crippen molar-refractivity contribution in [2.24, 2.45) is 5.92 Å². The number of benzene rings is 1. The monoisotopic (exact) mass is 311 g/mol. The Hall–Kier alpha value is -1.10. The summed E-state index contributed by atoms with van der Waals surface area (Å²) in [5.41, 5.74) is 0.702. The fourth-order valence-electron chi connectivity index (χ4n) is 2.62. The van der Waals surface area contributed by atoms with Gasteiger partial charge in [0.25, 0.3) is 0 Å². The van der Waals surface area contributed by atoms with E-state index in [4.69, 9.17) is 16.3 Å². The predicted molar refractivity (Wildman–Crippen MR) is 82.2 cm³/mol. The molecule has 21 heavy (non-hydrogen) atoms. The van der Waals surface area contributed by atoms with Crippen LogP contribution in [0.5, 0.6) is 0 Å². The molecule has 0 aromatic heterocycles. The van der Waals surface area contributed by atoms with E-state index in [1.165, 1.54) is 0 Å². The van der Waals surface area contributed by atoms with E-state index in [2.05, 4.69) is 5.32 Å². The van der Waals surface area contributed by atoms with Crippen LogP contribution in [0.4, 0.5) is 0 Å². The standard InChI is InChI=1S/C16H22ClNO3/c1-11(12-6-8-21-9-7-12)18-16(20)10-15(19)13-2-4-14(17)5-3-13/h2-5,11-12,15,19H,6-10H2,1H3,(H,18,20). The van der Waals surface area contributed by atoms with Gasteiger partial charge in [0, 0.05) is 24.3 Å². The van der Waals surface area contributed by atoms with Gasteiger partial charge in [0.15, 0.2) is 0 Å². The zero-order valence-corrected chi connectivity index (χ0v) is 13.0. The van der Waals surface area contributed by atoms with Gasteiger partial charge in [-0.3, -0.25) is 4.79 Å². The van der Waals surface area contributed by atoms with Gasteiger partial charge < -0.3 is 15.2 Å². The van der Waals surface area contributed by atoms with Crippen LogP contribution in [0.25, 0.3) is 0 Å². The number of carbonyl (C=O) groups is 1. The number of amides is 1. The Morgan fingerprint density at radius 1 is 1.38 bits per heavy atom. The molecule has 0 radical (unpaired) electrons. The molecule has 2 rings (SSSR count). The van der Waals surface area contributed by atoms with Crippen molar-refractivity contribution < 1.29 is 14.6 Å². The van der Waals surface area contributed by atoms with Crippen LogP contribution in [0.2, 0.25) is 5.02 Å². The van der Waals surface area contributed by atoms with Crippen molar-refractivity contribution >= 4 is 17.5 Å². The number of aliphatic hydroxyl groups is 1. The van der Waals surface area contributed by atoms with Crippen molar-refractivity contribution in [1.82, 2.24) is 5.32 Å². The molecule has 4 nitrogen and oxygen atoms in total. The van der Waals surface area contributed by atoms with Gasteiger partial charge in [-0.25, -0.2) is 0 Å². The largest absolute Gasteiger partial charge is 0.388 e. The van der Waals surface area contributed by atoms with Gasteiger partial charge in [-0.15, -0.1) is 0 Å². The zero-order chi connectivity index (χ0) is 15.2. The average molecular weight is 312 g/mol. The molecule has 1 aliphatic heterocycles. The summed E-state index contributed by atoms with van der Waals surface area (Å²) < 4.78 is 5.32. The lowest BCUT2D eigenvalue weighted by atomic mass is 9.92. The Morgan fingerprint density at radius 2 is 2.00 bits per heavy atom. The minimum Gasteiger partial charge on any atom is -0.388 e. The number of ether oxygens (including phenoxy) is 1. The molecule has 0 bridgehead atoms. The first kappa shape index (κ1) is 16.3. The Bertz CT molecular complexity index is 457. The molecule has 5 heteroatoms. The van der Waals surface area contributed by atoms with Crippen molar-refractivity contribution in [3.05, 3.63) is 34.9 Å². The quantitative estimate of drug-likeness (QED) is 0.879. The van der Waals surface area contributed by atoms with Crippen LogP contribution >= 0.6 is 11.6 Å². The average Bonchev–Trinajstić information content (AvgIpc) is 2.48. The van der Waals surface area contributed by atoms with E-state index < -0.39 is 6.10 Å². The van der Waals surface area contributed by atoms with E-state index >= 15 is 0 Å². The lowest BCUT2D eigenvalue weighted by Gasteiger charge is -2.28. The number of rotatable bonds is 5. The lowest BCUT2D eigenvalue weighted by Crippen LogP contribution is -2.40. The van der Waals surface area contributed by atoms with Crippen LogP contribution in [0.1, 0.15) is 37.9 Å². The highest BCUT2D eigenvalue weighted by Crippen LogP contribution is 2.21. The second kappa shape index (κ2) is 7.78. The van der Waals surface area contributed by atoms with Crippen LogP contribution in [0.15, 0.2) is 24.3 Å². The molecule has 1 aromatic rings. The Labute approximate surface area is 130 Å². The van der Waals surface area contributed by atoms with Gasteiger partial charge >= 0.3 is 0 Å². The Balaban J connectivity index is 1.81. The van der Waals surface area contributed by atoms with E-state index in [0.717, 1.165) is 26.1 Å². The van der Waals surface area contributed by atoms with E-state index in [9.17, 15) is 9.90 Å². The molecule has 0 spiro atoms. The number of nitrogens with one attached hydrogen (secondary N) is 1. The van der Waals surface area contributed by atoms with Crippen LogP contribution < -0.4 is 5.32 Å². The fraction of sp³-hybridized carbons (Fsp3) is 0.562. The SMILES string of the molecule is CC(NC(=O)CC(O)c1ccc(Cl)cc1)C1CCOCC1. The number of hydrogen-bond acceptors (Lipinski definition) is 3. The van der Waals surface area contributed by atoms with Crippen LogP contribution in [0, 0.1) is 5.92 Å². The third kappa shape index (κ3) is 4.99. The first-order chi connectivity index (χ1) is 10.1. The Kier molecular flexibility index (Phi) is 6.03. The molecule has 0 saturated carbocycles. The van der Waals surface area contributed by atoms with E-state index in [1.54, 1.807) is 24.3 Å². The molecular formula is C16H22ClNO3. The van der Waals surface area contributed by atoms with Crippen molar-refractivity contribution in [1.29, 1.82) is 0 Å². The van der Waals surface area contributed by atoms with E-state index in [-0.39, 0.29) is 18.4 Å². The molecule has 2 unspecified atom stereocenters. The molecular weight excluding hydrogens is 290 g/mol. The minimum absolute atomic E-state index is 0.0647. The van der Waals surface area contributed by atoms with Crippen molar-refractivity contribution in [3.8, 4) is 0 Å². The fourth-order valence-corrected chi connectivity index (χ4v) is 2.75. The maximum absolute atomic E-state index is 12.0. The number of carbonyl (C=O) groups excluding carboxylic acids is 1. The topological polar surface area (TPSA) is 58.6 Å². The maximum Gasteiger partial charge on any atom is 0.223 e. The second-order valence-electron chi connectivity index (χ2n) is 5.58. The van der Waals surface area contributed by atoms with Gasteiger partial charge in [0.1, 0.15) is 0 Å². The number of halogens is 1. The highest BCUT2D eigenvalue weighted by atomic mass is 35.5. The highest BCUT2D eigenvalue weighted by Gasteiger charge is 2.22. The van der Waals surface area contributed by atoms with Crippen LogP contribution in [0.3, 0.4) is 0 Å². The molecule has 1 saturated heterocycles. The third-order valence-corrected chi connectivity index (χ3v) is 4.25. The number of hydrogen-bond donors (Lipinski definition) is 2. The van der Waals surface area contributed by atoms with Gasteiger partial charge in [-0.1, -0.05) is 23.7 Å². The van der Waals surface area contributed by atoms with Crippen molar-refractivity contribution in [2.45, 2.75) is 38.3 Å². The summed E-state index contributed by atoms with van der Waals surface area (Å²) >= 11 is 5.81. The number of aliphatic hydroxyl groups excluding tert-OH is 1. The third-order valence-electron chi connectivity index (χ3n) is 4.00. The predicted octanol–water partition coefficient (Wildman–Crippen LogP) is 2.69. The minimum atomic E-state index is -0.802. The summed E-state index contributed by atoms with van der Waals surface area (Å²) in [4.78, 5) is 12.0. The summed E-state index contributed by atoms with van der Waals surface area (Å²) in [5.74, 6) is 0.326. The second-order valence-corrected chi connectivity index (χ2v) is 6.01. The summed E-state index contributed by atoms with van der Waals surface area (Å²) in [6.45, 7) is 3.54. The van der Waals surface area contributed by atoms with Gasteiger partial charge in [0.05, 0.1) is 12.5 Å².